The maximum atomic E-state index is 12.8. The number of ether oxygens (including phenoxy) is 4. The Morgan fingerprint density at radius 1 is 0.644 bits per heavy atom. The number of hydrogen-bond acceptors (Lipinski definition) is 11. The SMILES string of the molecule is CCCCC/C=C\C/C=C\CCCCCCCCCCOCC(COC1OC(CO)C(O)C(OS(=O)(=O)O)C1O)OC(=O)CCCCCCC/C=C\CCCCCCC. The molecule has 4 N–H and O–H groups in total. The van der Waals surface area contributed by atoms with E-state index in [4.69, 9.17) is 23.5 Å². The number of unbranched alkanes of at least 4 members (excludes halogenated alkanes) is 21. The molecule has 0 aromatic heterocycles. The molecule has 13 heteroatoms. The van der Waals surface area contributed by atoms with Crippen molar-refractivity contribution in [1.29, 1.82) is 0 Å². The van der Waals surface area contributed by atoms with Crippen LogP contribution in [0.1, 0.15) is 187 Å². The number of carbonyl (C=O) groups excluding carboxylic acids is 1. The molecule has 346 valence electrons. The van der Waals surface area contributed by atoms with Gasteiger partial charge in [0.1, 0.15) is 30.5 Å². The van der Waals surface area contributed by atoms with Gasteiger partial charge in [0.2, 0.25) is 0 Å². The van der Waals surface area contributed by atoms with Gasteiger partial charge in [-0.1, -0.05) is 147 Å². The molecule has 0 aliphatic carbocycles. The number of rotatable bonds is 40. The van der Waals surface area contributed by atoms with E-state index in [1.165, 1.54) is 89.9 Å². The van der Waals surface area contributed by atoms with E-state index < -0.39 is 59.8 Å². The molecule has 1 fully saturated rings. The standard InChI is InChI=1S/C46H84O12S/c1-3-5-7-9-11-13-15-17-19-20-21-22-24-26-28-30-32-34-36-54-38-40(39-55-46-44(50)45(58-59(51,52)53)43(49)41(37-47)57-46)56-42(48)35-33-31-29-27-25-23-18-16-14-12-10-8-6-4-2/h11,13,16-19,40-41,43-47,49-50H,3-10,12,14-15,20-39H2,1-2H3,(H,51,52,53)/b13-11-,18-16-,19-17-. The highest BCUT2D eigenvalue weighted by atomic mass is 32.3. The van der Waals surface area contributed by atoms with Crippen LogP contribution in [0, 0.1) is 0 Å². The molecule has 59 heavy (non-hydrogen) atoms. The molecule has 1 aliphatic heterocycles. The molecule has 0 bridgehead atoms. The summed E-state index contributed by atoms with van der Waals surface area (Å²) >= 11 is 0. The van der Waals surface area contributed by atoms with Crippen LogP contribution in [0.4, 0.5) is 0 Å². The summed E-state index contributed by atoms with van der Waals surface area (Å²) in [7, 11) is -5.06. The van der Waals surface area contributed by atoms with E-state index in [0.29, 0.717) is 13.0 Å². The van der Waals surface area contributed by atoms with Crippen molar-refractivity contribution in [2.75, 3.05) is 26.4 Å². The molecule has 6 unspecified atom stereocenters. The van der Waals surface area contributed by atoms with E-state index in [9.17, 15) is 28.5 Å². The van der Waals surface area contributed by atoms with Crippen molar-refractivity contribution in [2.45, 2.75) is 224 Å². The molecule has 0 saturated carbocycles. The highest BCUT2D eigenvalue weighted by molar-refractivity contribution is 7.80. The molecular formula is C46H84O12S. The lowest BCUT2D eigenvalue weighted by atomic mass is 9.99. The van der Waals surface area contributed by atoms with Gasteiger partial charge in [-0.05, 0) is 70.6 Å². The quantitative estimate of drug-likeness (QED) is 0.0199. The normalized spacial score (nSPS) is 20.7. The van der Waals surface area contributed by atoms with Crippen LogP contribution in [0.5, 0.6) is 0 Å². The van der Waals surface area contributed by atoms with Crippen LogP contribution in [0.2, 0.25) is 0 Å². The average Bonchev–Trinajstić information content (AvgIpc) is 3.20. The Kier molecular flexibility index (Phi) is 35.7. The van der Waals surface area contributed by atoms with Crippen molar-refractivity contribution in [3.63, 3.8) is 0 Å². The van der Waals surface area contributed by atoms with Crippen LogP contribution >= 0.6 is 0 Å². The van der Waals surface area contributed by atoms with Crippen molar-refractivity contribution in [3.8, 4) is 0 Å². The van der Waals surface area contributed by atoms with Gasteiger partial charge in [0.25, 0.3) is 0 Å². The molecule has 0 spiro atoms. The Balaban J connectivity index is 2.42. The van der Waals surface area contributed by atoms with Gasteiger partial charge in [0, 0.05) is 13.0 Å². The number of carbonyl (C=O) groups is 1. The van der Waals surface area contributed by atoms with E-state index >= 15 is 0 Å². The molecular weight excluding hydrogens is 777 g/mol. The lowest BCUT2D eigenvalue weighted by molar-refractivity contribution is -0.301. The number of allylic oxidation sites excluding steroid dienone is 6. The third kappa shape index (κ3) is 31.8. The largest absolute Gasteiger partial charge is 0.457 e. The Bertz CT molecular complexity index is 1180. The summed E-state index contributed by atoms with van der Waals surface area (Å²) in [5, 5.41) is 30.7. The summed E-state index contributed by atoms with van der Waals surface area (Å²) in [6.07, 6.45) is 34.6. The van der Waals surface area contributed by atoms with Crippen molar-refractivity contribution in [1.82, 2.24) is 0 Å². The second-order valence-electron chi connectivity index (χ2n) is 16.0. The van der Waals surface area contributed by atoms with Crippen LogP contribution in [0.25, 0.3) is 0 Å². The van der Waals surface area contributed by atoms with Crippen LogP contribution in [0.3, 0.4) is 0 Å². The molecule has 0 amide bonds. The zero-order valence-corrected chi connectivity index (χ0v) is 37.6. The maximum absolute atomic E-state index is 12.8. The minimum atomic E-state index is -5.06. The van der Waals surface area contributed by atoms with E-state index in [1.807, 2.05) is 0 Å². The van der Waals surface area contributed by atoms with Crippen LogP contribution in [-0.4, -0.2) is 97.5 Å². The van der Waals surface area contributed by atoms with Crippen molar-refractivity contribution < 1.29 is 56.2 Å². The van der Waals surface area contributed by atoms with Gasteiger partial charge >= 0.3 is 16.4 Å². The molecule has 12 nitrogen and oxygen atoms in total. The summed E-state index contributed by atoms with van der Waals surface area (Å²) in [6.45, 7) is 3.93. The number of aliphatic hydroxyl groups is 3. The molecule has 6 atom stereocenters. The predicted octanol–water partition coefficient (Wildman–Crippen LogP) is 9.80. The number of hydrogen-bond donors (Lipinski definition) is 4. The first-order chi connectivity index (χ1) is 28.6. The van der Waals surface area contributed by atoms with Gasteiger partial charge in [-0.15, -0.1) is 0 Å². The fourth-order valence-corrected chi connectivity index (χ4v) is 7.44. The van der Waals surface area contributed by atoms with Gasteiger partial charge in [0.05, 0.1) is 19.8 Å². The third-order valence-electron chi connectivity index (χ3n) is 10.5. The summed E-state index contributed by atoms with van der Waals surface area (Å²) in [5.74, 6) is -0.410. The van der Waals surface area contributed by atoms with Gasteiger partial charge in [0.15, 0.2) is 6.29 Å². The molecule has 1 rings (SSSR count). The first-order valence-corrected chi connectivity index (χ1v) is 24.6. The third-order valence-corrected chi connectivity index (χ3v) is 11.0. The topological polar surface area (TPSA) is 178 Å². The lowest BCUT2D eigenvalue weighted by Crippen LogP contribution is -2.60. The van der Waals surface area contributed by atoms with Gasteiger partial charge in [-0.3, -0.25) is 9.35 Å². The van der Waals surface area contributed by atoms with Crippen molar-refractivity contribution >= 4 is 16.4 Å². The van der Waals surface area contributed by atoms with E-state index in [-0.39, 0.29) is 19.6 Å². The average molecular weight is 861 g/mol. The first kappa shape index (κ1) is 55.3. The highest BCUT2D eigenvalue weighted by Crippen LogP contribution is 2.26. The molecule has 1 heterocycles. The van der Waals surface area contributed by atoms with Crippen molar-refractivity contribution in [3.05, 3.63) is 36.5 Å². The fraction of sp³-hybridized carbons (Fsp3) is 0.848. The minimum absolute atomic E-state index is 0.0293. The van der Waals surface area contributed by atoms with E-state index in [2.05, 4.69) is 54.5 Å². The van der Waals surface area contributed by atoms with Gasteiger partial charge in [-0.25, -0.2) is 4.18 Å². The number of esters is 1. The van der Waals surface area contributed by atoms with E-state index in [1.54, 1.807) is 0 Å². The monoisotopic (exact) mass is 861 g/mol. The molecule has 1 aliphatic rings. The van der Waals surface area contributed by atoms with Gasteiger partial charge in [-0.2, -0.15) is 8.42 Å². The lowest BCUT2D eigenvalue weighted by Gasteiger charge is -2.41. The molecule has 0 aromatic rings. The summed E-state index contributed by atoms with van der Waals surface area (Å²) in [5.41, 5.74) is 0. The van der Waals surface area contributed by atoms with Gasteiger partial charge < -0.3 is 34.3 Å². The minimum Gasteiger partial charge on any atom is -0.457 e. The van der Waals surface area contributed by atoms with Crippen LogP contribution in [0.15, 0.2) is 36.5 Å². The summed E-state index contributed by atoms with van der Waals surface area (Å²) in [6, 6.07) is 0. The zero-order valence-electron chi connectivity index (χ0n) is 36.8. The smallest absolute Gasteiger partial charge is 0.397 e. The second kappa shape index (κ2) is 38.0. The van der Waals surface area contributed by atoms with Crippen LogP contribution < -0.4 is 0 Å². The zero-order chi connectivity index (χ0) is 43.2. The molecule has 0 radical (unpaired) electrons. The fourth-order valence-electron chi connectivity index (χ4n) is 6.93. The van der Waals surface area contributed by atoms with E-state index in [0.717, 1.165) is 70.6 Å². The highest BCUT2D eigenvalue weighted by Gasteiger charge is 2.48. The molecule has 0 aromatic carbocycles. The van der Waals surface area contributed by atoms with Crippen LogP contribution in [-0.2, 0) is 38.3 Å². The Morgan fingerprint density at radius 2 is 1.12 bits per heavy atom. The Hall–Kier alpha value is -1.68. The summed E-state index contributed by atoms with van der Waals surface area (Å²) < 4.78 is 59.1. The molecule has 1 saturated heterocycles. The van der Waals surface area contributed by atoms with Crippen molar-refractivity contribution in [2.24, 2.45) is 0 Å². The number of aliphatic hydroxyl groups excluding tert-OH is 3. The second-order valence-corrected chi connectivity index (χ2v) is 17.0. The maximum Gasteiger partial charge on any atom is 0.397 e. The summed E-state index contributed by atoms with van der Waals surface area (Å²) in [4.78, 5) is 12.8. The first-order valence-electron chi connectivity index (χ1n) is 23.2. The Labute approximate surface area is 358 Å². The predicted molar refractivity (Wildman–Crippen MR) is 234 cm³/mol. The Morgan fingerprint density at radius 3 is 1.66 bits per heavy atom.